The third-order valence-electron chi connectivity index (χ3n) is 4.80. The quantitative estimate of drug-likeness (QED) is 0.527. The lowest BCUT2D eigenvalue weighted by Gasteiger charge is -2.11. The molecule has 3 aromatic carbocycles. The number of hydrogen-bond acceptors (Lipinski definition) is 4. The number of rotatable bonds is 5. The molecule has 4 rings (SSSR count). The number of carbonyl (C=O) groups is 2. The summed E-state index contributed by atoms with van der Waals surface area (Å²) in [5.41, 5.74) is 2.13. The van der Waals surface area contributed by atoms with Crippen molar-refractivity contribution >= 4 is 28.4 Å². The number of anilines is 1. The number of fused-ring (bicyclic) bond motifs is 1. The van der Waals surface area contributed by atoms with Crippen molar-refractivity contribution in [1.29, 1.82) is 0 Å². The number of nitrogens with one attached hydrogen (secondary N) is 2. The van der Waals surface area contributed by atoms with Gasteiger partial charge in [0, 0.05) is 11.3 Å². The van der Waals surface area contributed by atoms with Gasteiger partial charge in [0.15, 0.2) is 0 Å². The lowest BCUT2D eigenvalue weighted by molar-refractivity contribution is -0.115. The van der Waals surface area contributed by atoms with Crippen molar-refractivity contribution in [3.8, 4) is 5.69 Å². The van der Waals surface area contributed by atoms with E-state index in [2.05, 4.69) is 15.6 Å². The molecule has 0 unspecified atom stereocenters. The van der Waals surface area contributed by atoms with E-state index in [9.17, 15) is 14.4 Å². The molecule has 0 spiro atoms. The fourth-order valence-electron chi connectivity index (χ4n) is 3.30. The van der Waals surface area contributed by atoms with E-state index in [1.165, 1.54) is 4.57 Å². The summed E-state index contributed by atoms with van der Waals surface area (Å²) in [6.45, 7) is 1.61. The summed E-state index contributed by atoms with van der Waals surface area (Å²) in [6.07, 6.45) is 0. The van der Waals surface area contributed by atoms with Crippen LogP contribution in [0.1, 0.15) is 16.2 Å². The number of nitrogens with zero attached hydrogens (tertiary/aromatic N) is 2. The van der Waals surface area contributed by atoms with Crippen LogP contribution in [0.5, 0.6) is 0 Å². The fourth-order valence-corrected chi connectivity index (χ4v) is 3.30. The van der Waals surface area contributed by atoms with Crippen molar-refractivity contribution in [2.75, 3.05) is 11.9 Å². The van der Waals surface area contributed by atoms with Crippen molar-refractivity contribution in [3.05, 3.63) is 101 Å². The first-order valence-electron chi connectivity index (χ1n) is 9.75. The molecular weight excluding hydrogens is 392 g/mol. The van der Waals surface area contributed by atoms with Crippen LogP contribution < -0.4 is 16.2 Å². The molecule has 7 nitrogen and oxygen atoms in total. The zero-order valence-electron chi connectivity index (χ0n) is 16.8. The van der Waals surface area contributed by atoms with Crippen LogP contribution >= 0.6 is 0 Å². The number of benzene rings is 3. The first-order valence-corrected chi connectivity index (χ1v) is 9.75. The highest BCUT2D eigenvalue weighted by molar-refractivity contribution is 5.99. The van der Waals surface area contributed by atoms with Gasteiger partial charge in [0.1, 0.15) is 5.82 Å². The van der Waals surface area contributed by atoms with Gasteiger partial charge in [-0.05, 0) is 55.5 Å². The Kier molecular flexibility index (Phi) is 5.57. The van der Waals surface area contributed by atoms with Gasteiger partial charge in [-0.3, -0.25) is 19.0 Å². The van der Waals surface area contributed by atoms with Crippen LogP contribution in [0.2, 0.25) is 0 Å². The van der Waals surface area contributed by atoms with Gasteiger partial charge in [-0.15, -0.1) is 0 Å². The molecule has 0 radical (unpaired) electrons. The molecule has 154 valence electrons. The zero-order chi connectivity index (χ0) is 21.8. The predicted octanol–water partition coefficient (Wildman–Crippen LogP) is 3.06. The fraction of sp³-hybridized carbons (Fsp3) is 0.0833. The Morgan fingerprint density at radius 3 is 2.32 bits per heavy atom. The molecule has 0 atom stereocenters. The Morgan fingerprint density at radius 1 is 0.903 bits per heavy atom. The monoisotopic (exact) mass is 412 g/mol. The summed E-state index contributed by atoms with van der Waals surface area (Å²) in [5.74, 6) is -0.144. The molecule has 0 bridgehead atoms. The number of amides is 2. The van der Waals surface area contributed by atoms with Crippen LogP contribution in [0.25, 0.3) is 16.6 Å². The van der Waals surface area contributed by atoms with Gasteiger partial charge in [-0.2, -0.15) is 0 Å². The molecule has 0 saturated carbocycles. The van der Waals surface area contributed by atoms with Crippen molar-refractivity contribution in [2.24, 2.45) is 0 Å². The second-order valence-corrected chi connectivity index (χ2v) is 6.96. The minimum Gasteiger partial charge on any atom is -0.343 e. The molecule has 7 heteroatoms. The molecule has 0 saturated heterocycles. The predicted molar refractivity (Wildman–Crippen MR) is 119 cm³/mol. The summed E-state index contributed by atoms with van der Waals surface area (Å²) in [5, 5.41) is 5.83. The zero-order valence-corrected chi connectivity index (χ0v) is 16.8. The highest BCUT2D eigenvalue weighted by atomic mass is 16.2. The lowest BCUT2D eigenvalue weighted by Crippen LogP contribution is -2.32. The van der Waals surface area contributed by atoms with E-state index >= 15 is 0 Å². The average molecular weight is 412 g/mol. The van der Waals surface area contributed by atoms with Gasteiger partial charge in [0.05, 0.1) is 23.1 Å². The van der Waals surface area contributed by atoms with Crippen LogP contribution in [-0.4, -0.2) is 27.9 Å². The van der Waals surface area contributed by atoms with Crippen molar-refractivity contribution in [3.63, 3.8) is 0 Å². The second kappa shape index (κ2) is 8.62. The number of hydrogen-bond donors (Lipinski definition) is 2. The van der Waals surface area contributed by atoms with Gasteiger partial charge < -0.3 is 10.6 Å². The Bertz CT molecular complexity index is 1310. The summed E-state index contributed by atoms with van der Waals surface area (Å²) in [4.78, 5) is 41.8. The summed E-state index contributed by atoms with van der Waals surface area (Å²) >= 11 is 0. The van der Waals surface area contributed by atoms with E-state index < -0.39 is 0 Å². The molecule has 31 heavy (non-hydrogen) atoms. The van der Waals surface area contributed by atoms with Crippen LogP contribution in [0.3, 0.4) is 0 Å². The van der Waals surface area contributed by atoms with E-state index in [-0.39, 0.29) is 23.9 Å². The van der Waals surface area contributed by atoms with Crippen LogP contribution in [0, 0.1) is 6.92 Å². The van der Waals surface area contributed by atoms with Gasteiger partial charge in [0.25, 0.3) is 11.5 Å². The minimum absolute atomic E-state index is 0.150. The van der Waals surface area contributed by atoms with Crippen LogP contribution in [0.4, 0.5) is 5.69 Å². The Labute approximate surface area is 178 Å². The maximum Gasteiger partial charge on any atom is 0.265 e. The number of aromatic nitrogens is 2. The molecule has 0 fully saturated rings. The highest BCUT2D eigenvalue weighted by Gasteiger charge is 2.12. The Hall–Kier alpha value is -4.26. The third kappa shape index (κ3) is 4.35. The molecule has 1 heterocycles. The van der Waals surface area contributed by atoms with Gasteiger partial charge in [-0.25, -0.2) is 4.98 Å². The molecule has 1 aromatic heterocycles. The molecular formula is C24H20N4O3. The number of para-hydroxylation sites is 2. The largest absolute Gasteiger partial charge is 0.343 e. The molecule has 2 amide bonds. The SMILES string of the molecule is Cc1nc2ccccc2c(=O)n1-c1ccc(C(=O)NCC(=O)Nc2ccccc2)cc1. The van der Waals surface area contributed by atoms with E-state index in [0.717, 1.165) is 0 Å². The maximum absolute atomic E-state index is 12.9. The minimum atomic E-state index is -0.379. The first-order chi connectivity index (χ1) is 15.0. The van der Waals surface area contributed by atoms with E-state index in [1.54, 1.807) is 61.5 Å². The van der Waals surface area contributed by atoms with Gasteiger partial charge in [-0.1, -0.05) is 30.3 Å². The van der Waals surface area contributed by atoms with Gasteiger partial charge >= 0.3 is 0 Å². The normalized spacial score (nSPS) is 10.6. The average Bonchev–Trinajstić information content (AvgIpc) is 2.78. The summed E-state index contributed by atoms with van der Waals surface area (Å²) in [6, 6.07) is 22.8. The van der Waals surface area contributed by atoms with Crippen LogP contribution in [0.15, 0.2) is 83.7 Å². The molecule has 0 aliphatic heterocycles. The van der Waals surface area contributed by atoms with E-state index in [0.29, 0.717) is 33.7 Å². The van der Waals surface area contributed by atoms with Crippen molar-refractivity contribution in [1.82, 2.24) is 14.9 Å². The van der Waals surface area contributed by atoms with E-state index in [1.807, 2.05) is 24.3 Å². The van der Waals surface area contributed by atoms with Crippen molar-refractivity contribution < 1.29 is 9.59 Å². The summed E-state index contributed by atoms with van der Waals surface area (Å²) in [7, 11) is 0. The maximum atomic E-state index is 12.9. The third-order valence-corrected chi connectivity index (χ3v) is 4.80. The molecule has 0 aliphatic carbocycles. The Morgan fingerprint density at radius 2 is 1.58 bits per heavy atom. The topological polar surface area (TPSA) is 93.1 Å². The number of aryl methyl sites for hydroxylation is 1. The lowest BCUT2D eigenvalue weighted by atomic mass is 10.2. The molecule has 4 aromatic rings. The Balaban J connectivity index is 1.47. The van der Waals surface area contributed by atoms with E-state index in [4.69, 9.17) is 0 Å². The highest BCUT2D eigenvalue weighted by Crippen LogP contribution is 2.13. The second-order valence-electron chi connectivity index (χ2n) is 6.96. The standard InChI is InChI=1S/C24H20N4O3/c1-16-26-21-10-6-5-9-20(21)24(31)28(16)19-13-11-17(12-14-19)23(30)25-15-22(29)27-18-7-3-2-4-8-18/h2-14H,15H2,1H3,(H,25,30)(H,27,29). The molecule has 0 aliphatic rings. The first kappa shape index (κ1) is 20.0. The van der Waals surface area contributed by atoms with Crippen molar-refractivity contribution in [2.45, 2.75) is 6.92 Å². The summed E-state index contributed by atoms with van der Waals surface area (Å²) < 4.78 is 1.51. The van der Waals surface area contributed by atoms with Gasteiger partial charge in [0.2, 0.25) is 5.91 Å². The molecule has 2 N–H and O–H groups in total. The smallest absolute Gasteiger partial charge is 0.265 e. The van der Waals surface area contributed by atoms with Crippen LogP contribution in [-0.2, 0) is 4.79 Å². The number of carbonyl (C=O) groups excluding carboxylic acids is 2.